The molecule has 0 radical (unpaired) electrons. The molecule has 0 aliphatic rings. The Hall–Kier alpha value is -2.59. The van der Waals surface area contributed by atoms with Crippen LogP contribution in [-0.2, 0) is 6.42 Å². The van der Waals surface area contributed by atoms with Gasteiger partial charge in [0.05, 0.1) is 0 Å². The van der Waals surface area contributed by atoms with Gasteiger partial charge in [0.15, 0.2) is 5.13 Å². The van der Waals surface area contributed by atoms with E-state index in [-0.39, 0.29) is 0 Å². The molecule has 8 nitrogen and oxygen atoms in total. The first-order chi connectivity index (χ1) is 11.9. The number of hydrogen-bond donors (Lipinski definition) is 3. The molecule has 3 rings (SSSR count). The van der Waals surface area contributed by atoms with Crippen molar-refractivity contribution in [3.63, 3.8) is 0 Å². The number of halogens is 1. The Labute approximate surface area is 153 Å². The van der Waals surface area contributed by atoms with Gasteiger partial charge in [-0.25, -0.2) is 14.9 Å². The maximum absolute atomic E-state index is 12.0. The zero-order chi connectivity index (χ0) is 18.0. The third kappa shape index (κ3) is 4.09. The molecule has 0 atom stereocenters. The van der Waals surface area contributed by atoms with Crippen LogP contribution in [0.3, 0.4) is 0 Å². The lowest BCUT2D eigenvalue weighted by molar-refractivity contribution is 0.101. The maximum atomic E-state index is 12.0. The van der Waals surface area contributed by atoms with Gasteiger partial charge in [0.25, 0.3) is 11.5 Å². The summed E-state index contributed by atoms with van der Waals surface area (Å²) < 4.78 is 1.05. The molecule has 128 valence electrons. The van der Waals surface area contributed by atoms with E-state index in [9.17, 15) is 14.4 Å². The van der Waals surface area contributed by atoms with E-state index in [1.54, 1.807) is 6.20 Å². The summed E-state index contributed by atoms with van der Waals surface area (Å²) in [5, 5.41) is 8.31. The molecule has 0 spiro atoms. The molecule has 0 saturated carbocycles. The third-order valence-corrected chi connectivity index (χ3v) is 5.10. The zero-order valence-corrected chi connectivity index (χ0v) is 15.3. The molecule has 0 unspecified atom stereocenters. The number of thiazole rings is 1. The van der Waals surface area contributed by atoms with Gasteiger partial charge in [-0.3, -0.25) is 19.9 Å². The van der Waals surface area contributed by atoms with Crippen LogP contribution in [0.4, 0.5) is 5.13 Å². The molecular weight excluding hydrogens is 410 g/mol. The highest BCUT2D eigenvalue weighted by Crippen LogP contribution is 2.23. The van der Waals surface area contributed by atoms with E-state index >= 15 is 0 Å². The van der Waals surface area contributed by atoms with Crippen molar-refractivity contribution in [1.29, 1.82) is 0 Å². The average Bonchev–Trinajstić information content (AvgIpc) is 2.97. The number of nitrogens with one attached hydrogen (secondary N) is 3. The van der Waals surface area contributed by atoms with Crippen molar-refractivity contribution in [3.8, 4) is 0 Å². The molecule has 0 bridgehead atoms. The predicted octanol–water partition coefficient (Wildman–Crippen LogP) is 1.83. The minimum absolute atomic E-state index is 0.348. The van der Waals surface area contributed by atoms with Gasteiger partial charge < -0.3 is 0 Å². The van der Waals surface area contributed by atoms with Gasteiger partial charge in [0, 0.05) is 22.0 Å². The number of anilines is 1. The van der Waals surface area contributed by atoms with Crippen molar-refractivity contribution in [2.24, 2.45) is 0 Å². The van der Waals surface area contributed by atoms with Gasteiger partial charge in [-0.1, -0.05) is 28.1 Å². The lowest BCUT2D eigenvalue weighted by Crippen LogP contribution is -2.32. The highest BCUT2D eigenvalue weighted by atomic mass is 79.9. The fourth-order valence-electron chi connectivity index (χ4n) is 2.12. The van der Waals surface area contributed by atoms with E-state index < -0.39 is 22.9 Å². The van der Waals surface area contributed by atoms with Gasteiger partial charge in [-0.2, -0.15) is 5.10 Å². The molecule has 0 fully saturated rings. The van der Waals surface area contributed by atoms with Crippen LogP contribution in [-0.4, -0.2) is 26.1 Å². The minimum atomic E-state index is -0.858. The minimum Gasteiger partial charge on any atom is -0.296 e. The summed E-state index contributed by atoms with van der Waals surface area (Å²) in [6.07, 6.45) is 2.35. The fourth-order valence-corrected chi connectivity index (χ4v) is 3.21. The molecule has 1 amide bonds. The van der Waals surface area contributed by atoms with Crippen molar-refractivity contribution >= 4 is 38.3 Å². The molecule has 0 aliphatic carbocycles. The van der Waals surface area contributed by atoms with Gasteiger partial charge in [0.2, 0.25) is 5.69 Å². The number of carbonyl (C=O) groups excluding carboxylic acids is 1. The summed E-state index contributed by atoms with van der Waals surface area (Å²) in [7, 11) is 0. The number of aromatic amines is 2. The van der Waals surface area contributed by atoms with Crippen molar-refractivity contribution in [2.45, 2.75) is 13.3 Å². The number of hydrogen-bond acceptors (Lipinski definition) is 6. The largest absolute Gasteiger partial charge is 0.342 e. The normalized spacial score (nSPS) is 10.6. The predicted molar refractivity (Wildman–Crippen MR) is 97.2 cm³/mol. The van der Waals surface area contributed by atoms with Crippen LogP contribution in [0.25, 0.3) is 0 Å². The van der Waals surface area contributed by atoms with Crippen LogP contribution in [0, 0.1) is 6.92 Å². The second-order valence-electron chi connectivity index (χ2n) is 5.20. The first kappa shape index (κ1) is 17.2. The summed E-state index contributed by atoms with van der Waals surface area (Å²) in [4.78, 5) is 41.6. The molecule has 1 aromatic carbocycles. The van der Waals surface area contributed by atoms with E-state index in [0.29, 0.717) is 11.6 Å². The summed E-state index contributed by atoms with van der Waals surface area (Å²) in [5.74, 6) is -0.738. The second kappa shape index (κ2) is 7.11. The highest BCUT2D eigenvalue weighted by molar-refractivity contribution is 9.10. The summed E-state index contributed by atoms with van der Waals surface area (Å²) >= 11 is 4.77. The Morgan fingerprint density at radius 3 is 2.88 bits per heavy atom. The number of carbonyl (C=O) groups is 1. The van der Waals surface area contributed by atoms with Crippen molar-refractivity contribution in [1.82, 2.24) is 20.2 Å². The summed E-state index contributed by atoms with van der Waals surface area (Å²) in [5.41, 5.74) is 0.200. The lowest BCUT2D eigenvalue weighted by Gasteiger charge is -2.02. The van der Waals surface area contributed by atoms with E-state index in [0.717, 1.165) is 20.5 Å². The number of benzene rings is 1. The van der Waals surface area contributed by atoms with E-state index in [2.05, 4.69) is 37.4 Å². The van der Waals surface area contributed by atoms with Gasteiger partial charge >= 0.3 is 5.69 Å². The molecule has 25 heavy (non-hydrogen) atoms. The summed E-state index contributed by atoms with van der Waals surface area (Å²) in [6.45, 7) is 2.01. The van der Waals surface area contributed by atoms with Crippen LogP contribution in [0.1, 0.15) is 26.5 Å². The van der Waals surface area contributed by atoms with Crippen LogP contribution in [0.5, 0.6) is 0 Å². The topological polar surface area (TPSA) is 121 Å². The van der Waals surface area contributed by atoms with Crippen molar-refractivity contribution in [3.05, 3.63) is 71.4 Å². The Balaban J connectivity index is 1.73. The standard InChI is InChI=1S/C15H12BrN5O3S/c1-7-4-8(2-3-10(7)16)5-9-6-17-15(25-9)19-13(23)11-12(22)18-14(24)21-20-11/h2-4,6H,5H2,1H3,(H,17,19,23)(H2,18,21,22,24). The van der Waals surface area contributed by atoms with E-state index in [1.807, 2.05) is 29.1 Å². The quantitative estimate of drug-likeness (QED) is 0.593. The molecule has 3 N–H and O–H groups in total. The van der Waals surface area contributed by atoms with E-state index in [1.165, 1.54) is 11.3 Å². The van der Waals surface area contributed by atoms with Gasteiger partial charge in [0.1, 0.15) is 0 Å². The Morgan fingerprint density at radius 1 is 1.36 bits per heavy atom. The maximum Gasteiger partial charge on any atom is 0.342 e. The number of aryl methyl sites for hydroxylation is 1. The smallest absolute Gasteiger partial charge is 0.296 e. The Kier molecular flexibility index (Phi) is 4.91. The van der Waals surface area contributed by atoms with Gasteiger partial charge in [-0.05, 0) is 24.1 Å². The van der Waals surface area contributed by atoms with Crippen LogP contribution in [0.2, 0.25) is 0 Å². The number of nitrogens with zero attached hydrogens (tertiary/aromatic N) is 2. The highest BCUT2D eigenvalue weighted by Gasteiger charge is 2.15. The fraction of sp³-hybridized carbons (Fsp3) is 0.133. The number of aromatic nitrogens is 4. The first-order valence-electron chi connectivity index (χ1n) is 7.12. The van der Waals surface area contributed by atoms with Crippen molar-refractivity contribution in [2.75, 3.05) is 5.32 Å². The van der Waals surface area contributed by atoms with Crippen molar-refractivity contribution < 1.29 is 4.79 Å². The monoisotopic (exact) mass is 421 g/mol. The molecule has 0 aliphatic heterocycles. The Bertz CT molecular complexity index is 1060. The third-order valence-electron chi connectivity index (χ3n) is 3.30. The summed E-state index contributed by atoms with van der Waals surface area (Å²) in [6, 6.07) is 6.08. The molecule has 3 aromatic rings. The Morgan fingerprint density at radius 2 is 2.16 bits per heavy atom. The average molecular weight is 422 g/mol. The van der Waals surface area contributed by atoms with Gasteiger partial charge in [-0.15, -0.1) is 11.3 Å². The number of amides is 1. The van der Waals surface area contributed by atoms with Crippen LogP contribution in [0.15, 0.2) is 38.5 Å². The number of H-pyrrole nitrogens is 2. The number of rotatable bonds is 4. The zero-order valence-electron chi connectivity index (χ0n) is 12.9. The second-order valence-corrected chi connectivity index (χ2v) is 7.17. The molecule has 10 heteroatoms. The molecule has 2 heterocycles. The molecule has 0 saturated heterocycles. The van der Waals surface area contributed by atoms with Crippen LogP contribution >= 0.6 is 27.3 Å². The first-order valence-corrected chi connectivity index (χ1v) is 8.73. The molecular formula is C15H12BrN5O3S. The van der Waals surface area contributed by atoms with E-state index in [4.69, 9.17) is 0 Å². The SMILES string of the molecule is Cc1cc(Cc2cnc(NC(=O)c3n[nH]c(=O)[nH]c3=O)s2)ccc1Br. The lowest BCUT2D eigenvalue weighted by atomic mass is 10.1. The molecule has 2 aromatic heterocycles. The van der Waals surface area contributed by atoms with Crippen LogP contribution < -0.4 is 16.6 Å².